The molecule has 59 heavy (non-hydrogen) atoms. The Morgan fingerprint density at radius 2 is 0.881 bits per heavy atom. The Hall–Kier alpha value is -0.760. The summed E-state index contributed by atoms with van der Waals surface area (Å²) in [4.78, 5) is 25.1. The third-order valence-corrected chi connectivity index (χ3v) is 12.3. The fourth-order valence-electron chi connectivity index (χ4n) is 7.37. The lowest BCUT2D eigenvalue weighted by Gasteiger charge is -2.28. The van der Waals surface area contributed by atoms with Crippen molar-refractivity contribution in [2.45, 2.75) is 251 Å². The number of carbonyl (C=O) groups is 1. The number of hydrogen-bond donors (Lipinski definition) is 0. The number of unbranched alkanes of at least 4 members (excludes halogenated alkanes) is 32. The molecular weight excluding hydrogens is 758 g/mol. The summed E-state index contributed by atoms with van der Waals surface area (Å²) >= 11 is 0. The van der Waals surface area contributed by atoms with Gasteiger partial charge in [0.2, 0.25) is 0 Å². The van der Waals surface area contributed by atoms with Crippen LogP contribution in [0.4, 0.5) is 0 Å². The summed E-state index contributed by atoms with van der Waals surface area (Å²) in [5.41, 5.74) is 0. The predicted molar refractivity (Wildman–Crippen MR) is 250 cm³/mol. The Bertz CT molecular complexity index is 956. The Morgan fingerprint density at radius 3 is 1.29 bits per heavy atom. The number of esters is 1. The summed E-state index contributed by atoms with van der Waals surface area (Å²) in [7, 11) is 1.37. The second kappa shape index (κ2) is 43.9. The minimum atomic E-state index is -4.52. The summed E-state index contributed by atoms with van der Waals surface area (Å²) < 4.78 is 34.7. The van der Waals surface area contributed by atoms with Crippen LogP contribution in [0.5, 0.6) is 0 Å². The van der Waals surface area contributed by atoms with Crippen LogP contribution in [-0.4, -0.2) is 70.7 Å². The number of phosphoric ester groups is 1. The van der Waals surface area contributed by atoms with Crippen LogP contribution >= 0.6 is 7.82 Å². The lowest BCUT2D eigenvalue weighted by molar-refractivity contribution is -0.870. The Labute approximate surface area is 367 Å². The summed E-state index contributed by atoms with van der Waals surface area (Å²) in [5, 5.41) is 0. The number of quaternary nitrogens is 1. The van der Waals surface area contributed by atoms with E-state index in [0.29, 0.717) is 24.1 Å². The van der Waals surface area contributed by atoms with Gasteiger partial charge in [0.25, 0.3) is 7.82 Å². The first kappa shape index (κ1) is 58.2. The second-order valence-electron chi connectivity index (χ2n) is 18.5. The highest BCUT2D eigenvalue weighted by molar-refractivity contribution is 7.45. The molecule has 0 aromatic carbocycles. The Kier molecular flexibility index (Phi) is 43.3. The van der Waals surface area contributed by atoms with Crippen LogP contribution in [-0.2, 0) is 27.9 Å². The number of phosphoric acid groups is 1. The topological polar surface area (TPSA) is 94.1 Å². The molecule has 0 bridgehead atoms. The maximum atomic E-state index is 12.7. The second-order valence-corrected chi connectivity index (χ2v) is 19.9. The van der Waals surface area contributed by atoms with Crippen molar-refractivity contribution in [2.75, 3.05) is 54.1 Å². The van der Waals surface area contributed by atoms with Crippen molar-refractivity contribution in [3.63, 3.8) is 0 Å². The molecule has 0 saturated carbocycles. The summed E-state index contributed by atoms with van der Waals surface area (Å²) in [6.07, 6.45) is 49.5. The monoisotopic (exact) mass is 858 g/mol. The van der Waals surface area contributed by atoms with Crippen LogP contribution < -0.4 is 4.89 Å². The molecule has 2 atom stereocenters. The van der Waals surface area contributed by atoms with E-state index in [4.69, 9.17) is 18.5 Å². The summed E-state index contributed by atoms with van der Waals surface area (Å²) in [6.45, 7) is 5.45. The molecule has 0 aliphatic carbocycles. The van der Waals surface area contributed by atoms with Gasteiger partial charge in [-0.05, 0) is 38.5 Å². The Morgan fingerprint density at radius 1 is 0.508 bits per heavy atom. The zero-order chi connectivity index (χ0) is 43.4. The third-order valence-electron chi connectivity index (χ3n) is 11.3. The zero-order valence-corrected chi connectivity index (χ0v) is 40.9. The van der Waals surface area contributed by atoms with E-state index in [9.17, 15) is 14.3 Å². The van der Waals surface area contributed by atoms with Gasteiger partial charge in [-0.3, -0.25) is 9.36 Å². The predicted octanol–water partition coefficient (Wildman–Crippen LogP) is 14.8. The third kappa shape index (κ3) is 48.1. The fraction of sp³-hybridized carbons (Fsp3) is 0.940. The number of allylic oxidation sites excluding steroid dienone is 2. The number of rotatable bonds is 48. The molecule has 0 N–H and O–H groups in total. The van der Waals surface area contributed by atoms with Gasteiger partial charge < -0.3 is 27.9 Å². The van der Waals surface area contributed by atoms with Crippen molar-refractivity contribution in [3.05, 3.63) is 12.2 Å². The molecule has 0 saturated heterocycles. The molecule has 0 aromatic heterocycles. The number of nitrogens with zero attached hydrogens (tertiary/aromatic N) is 1. The van der Waals surface area contributed by atoms with Gasteiger partial charge in [-0.2, -0.15) is 0 Å². The molecule has 8 nitrogen and oxygen atoms in total. The van der Waals surface area contributed by atoms with E-state index in [1.54, 1.807) is 0 Å². The van der Waals surface area contributed by atoms with Crippen molar-refractivity contribution in [1.82, 2.24) is 0 Å². The number of ether oxygens (including phenoxy) is 2. The minimum Gasteiger partial charge on any atom is -0.756 e. The molecule has 0 rings (SSSR count). The van der Waals surface area contributed by atoms with Crippen LogP contribution in [0, 0.1) is 0 Å². The molecule has 0 aromatic rings. The maximum Gasteiger partial charge on any atom is 0.306 e. The highest BCUT2D eigenvalue weighted by atomic mass is 31.2. The van der Waals surface area contributed by atoms with Crippen molar-refractivity contribution < 1.29 is 37.3 Å². The SMILES string of the molecule is CCCCCCCC/C=C\CCCCCCCC(=O)OC(COCCCCCCCCCCCCCCCCCCCCCCCC)COP(=O)([O-])OCC[N+](C)(C)C. The number of hydrogen-bond acceptors (Lipinski definition) is 7. The first-order valence-corrected chi connectivity index (χ1v) is 26.9. The molecule has 0 aliphatic rings. The standard InChI is InChI=1S/C50H100NO7P/c1-6-8-10-12-14-16-18-20-22-23-24-25-26-27-28-30-32-34-36-38-40-42-45-55-47-49(48-57-59(53,54)56-46-44-51(3,4)5)58-50(52)43-41-39-37-35-33-31-29-21-19-17-15-13-11-9-7-2/h21,29,49H,6-20,22-28,30-48H2,1-5H3/b29-21-. The molecule has 2 unspecified atom stereocenters. The van der Waals surface area contributed by atoms with Gasteiger partial charge in [0.05, 0.1) is 34.4 Å². The van der Waals surface area contributed by atoms with Crippen molar-refractivity contribution in [1.29, 1.82) is 0 Å². The van der Waals surface area contributed by atoms with Gasteiger partial charge in [0, 0.05) is 13.0 Å². The van der Waals surface area contributed by atoms with E-state index in [1.165, 1.54) is 180 Å². The van der Waals surface area contributed by atoms with E-state index in [-0.39, 0.29) is 25.8 Å². The molecule has 352 valence electrons. The van der Waals surface area contributed by atoms with Crippen molar-refractivity contribution in [3.8, 4) is 0 Å². The highest BCUT2D eigenvalue weighted by Crippen LogP contribution is 2.38. The van der Waals surface area contributed by atoms with E-state index < -0.39 is 13.9 Å². The lowest BCUT2D eigenvalue weighted by atomic mass is 10.0. The first-order valence-electron chi connectivity index (χ1n) is 25.4. The summed E-state index contributed by atoms with van der Waals surface area (Å²) in [6, 6.07) is 0. The molecule has 0 spiro atoms. The highest BCUT2D eigenvalue weighted by Gasteiger charge is 2.20. The van der Waals surface area contributed by atoms with E-state index in [0.717, 1.165) is 44.9 Å². The van der Waals surface area contributed by atoms with Crippen LogP contribution in [0.1, 0.15) is 245 Å². The van der Waals surface area contributed by atoms with Gasteiger partial charge in [-0.15, -0.1) is 0 Å². The first-order chi connectivity index (χ1) is 28.6. The fourth-order valence-corrected chi connectivity index (χ4v) is 8.10. The normalized spacial score (nSPS) is 13.7. The average Bonchev–Trinajstić information content (AvgIpc) is 3.19. The molecule has 9 heteroatoms. The lowest BCUT2D eigenvalue weighted by Crippen LogP contribution is -2.37. The molecule has 0 aliphatic heterocycles. The van der Waals surface area contributed by atoms with E-state index in [2.05, 4.69) is 26.0 Å². The van der Waals surface area contributed by atoms with Crippen LogP contribution in [0.2, 0.25) is 0 Å². The van der Waals surface area contributed by atoms with Crippen LogP contribution in [0.25, 0.3) is 0 Å². The number of likely N-dealkylation sites (N-methyl/N-ethyl adjacent to an activating group) is 1. The largest absolute Gasteiger partial charge is 0.756 e. The van der Waals surface area contributed by atoms with Crippen LogP contribution in [0.15, 0.2) is 12.2 Å². The smallest absolute Gasteiger partial charge is 0.306 e. The van der Waals surface area contributed by atoms with Crippen LogP contribution in [0.3, 0.4) is 0 Å². The minimum absolute atomic E-state index is 0.0280. The van der Waals surface area contributed by atoms with Crippen molar-refractivity contribution >= 4 is 13.8 Å². The Balaban J connectivity index is 4.08. The van der Waals surface area contributed by atoms with Gasteiger partial charge in [0.1, 0.15) is 19.3 Å². The van der Waals surface area contributed by atoms with Gasteiger partial charge in [0.15, 0.2) is 0 Å². The van der Waals surface area contributed by atoms with Gasteiger partial charge in [-0.25, -0.2) is 0 Å². The molecule has 0 fully saturated rings. The average molecular weight is 858 g/mol. The quantitative estimate of drug-likeness (QED) is 0.0198. The van der Waals surface area contributed by atoms with Crippen molar-refractivity contribution in [2.24, 2.45) is 0 Å². The van der Waals surface area contributed by atoms with Gasteiger partial charge >= 0.3 is 5.97 Å². The summed E-state index contributed by atoms with van der Waals surface area (Å²) in [5.74, 6) is -0.337. The van der Waals surface area contributed by atoms with E-state index >= 15 is 0 Å². The molecular formula is C50H100NO7P. The number of carbonyl (C=O) groups excluding carboxylic acids is 1. The van der Waals surface area contributed by atoms with E-state index in [1.807, 2.05) is 21.1 Å². The van der Waals surface area contributed by atoms with Gasteiger partial charge in [-0.1, -0.05) is 212 Å². The molecule has 0 heterocycles. The molecule has 0 amide bonds. The maximum absolute atomic E-state index is 12.7. The zero-order valence-electron chi connectivity index (χ0n) is 40.0. The molecule has 0 radical (unpaired) electrons.